The van der Waals surface area contributed by atoms with Crippen LogP contribution in [0, 0.1) is 34.5 Å². The van der Waals surface area contributed by atoms with Crippen molar-refractivity contribution >= 4 is 23.5 Å². The molecule has 8 heteroatoms. The molecule has 0 aliphatic rings. The fourth-order valence-corrected chi connectivity index (χ4v) is 6.01. The van der Waals surface area contributed by atoms with Crippen molar-refractivity contribution in [2.24, 2.45) is 11.8 Å². The molecule has 0 saturated heterocycles. The van der Waals surface area contributed by atoms with Gasteiger partial charge in [0.05, 0.1) is 35.2 Å². The van der Waals surface area contributed by atoms with E-state index in [0.29, 0.717) is 49.8 Å². The van der Waals surface area contributed by atoms with Crippen molar-refractivity contribution in [3.05, 3.63) is 11.1 Å². The first kappa shape index (κ1) is 34.4. The zero-order valence-corrected chi connectivity index (χ0v) is 26.4. The van der Waals surface area contributed by atoms with Gasteiger partial charge in [0.2, 0.25) is 0 Å². The highest BCUT2D eigenvalue weighted by Crippen LogP contribution is 2.49. The van der Waals surface area contributed by atoms with E-state index in [-0.39, 0.29) is 23.3 Å². The van der Waals surface area contributed by atoms with Crippen LogP contribution in [-0.4, -0.2) is 50.1 Å². The predicted molar refractivity (Wildman–Crippen MR) is 159 cm³/mol. The van der Waals surface area contributed by atoms with Crippen molar-refractivity contribution in [2.75, 3.05) is 37.9 Å². The molecule has 38 heavy (non-hydrogen) atoms. The van der Waals surface area contributed by atoms with E-state index in [1.54, 1.807) is 23.5 Å². The predicted octanol–water partition coefficient (Wildman–Crippen LogP) is 8.09. The number of thioether (sulfide) groups is 2. The Kier molecular flexibility index (Phi) is 17.7. The standard InChI is InChI=1S/C30H48N2O4S2/c1-21(2)11-9-17-37-29-27(35-15-13-33-23(5)6)25(19-31)26(20-32)28(36-16-14-34-24(7)8)30(29)38-18-10-12-22(3)4/h21-24H,9-18H2,1-8H3. The molecule has 0 radical (unpaired) electrons. The Morgan fingerprint density at radius 3 is 1.26 bits per heavy atom. The number of nitrogens with zero attached hydrogens (tertiary/aromatic N) is 2. The van der Waals surface area contributed by atoms with E-state index in [2.05, 4.69) is 39.8 Å². The minimum absolute atomic E-state index is 0.0875. The first-order chi connectivity index (χ1) is 18.1. The molecule has 1 aromatic rings. The molecule has 0 fully saturated rings. The number of benzene rings is 1. The molecular weight excluding hydrogens is 516 g/mol. The quantitative estimate of drug-likeness (QED) is 0.116. The van der Waals surface area contributed by atoms with Crippen LogP contribution in [0.3, 0.4) is 0 Å². The van der Waals surface area contributed by atoms with Gasteiger partial charge in [-0.25, -0.2) is 0 Å². The normalized spacial score (nSPS) is 11.4. The maximum Gasteiger partial charge on any atom is 0.153 e. The van der Waals surface area contributed by atoms with Crippen molar-refractivity contribution in [3.63, 3.8) is 0 Å². The zero-order valence-electron chi connectivity index (χ0n) is 24.7. The molecule has 0 aliphatic carbocycles. The van der Waals surface area contributed by atoms with Gasteiger partial charge in [-0.3, -0.25) is 0 Å². The van der Waals surface area contributed by atoms with Crippen molar-refractivity contribution in [3.8, 4) is 23.6 Å². The van der Waals surface area contributed by atoms with E-state index in [4.69, 9.17) is 18.9 Å². The van der Waals surface area contributed by atoms with Crippen molar-refractivity contribution in [1.82, 2.24) is 0 Å². The Bertz CT molecular complexity index is 832. The van der Waals surface area contributed by atoms with Crippen LogP contribution in [0.15, 0.2) is 9.79 Å². The van der Waals surface area contributed by atoms with E-state index in [9.17, 15) is 10.5 Å². The SMILES string of the molecule is CC(C)CCCSc1c(OCCOC(C)C)c(C#N)c(C#N)c(OCCOC(C)C)c1SCCCC(C)C. The molecule has 0 N–H and O–H groups in total. The van der Waals surface area contributed by atoms with Crippen LogP contribution in [0.25, 0.3) is 0 Å². The topological polar surface area (TPSA) is 84.5 Å². The maximum absolute atomic E-state index is 10.2. The number of nitriles is 2. The molecule has 0 saturated carbocycles. The van der Waals surface area contributed by atoms with Crippen LogP contribution < -0.4 is 9.47 Å². The van der Waals surface area contributed by atoms with Crippen LogP contribution in [0.2, 0.25) is 0 Å². The van der Waals surface area contributed by atoms with Crippen LogP contribution in [0.4, 0.5) is 0 Å². The van der Waals surface area contributed by atoms with Gasteiger partial charge < -0.3 is 18.9 Å². The van der Waals surface area contributed by atoms with Gasteiger partial charge in [-0.15, -0.1) is 23.5 Å². The lowest BCUT2D eigenvalue weighted by Gasteiger charge is -2.22. The fraction of sp³-hybridized carbons (Fsp3) is 0.733. The minimum Gasteiger partial charge on any atom is -0.489 e. The van der Waals surface area contributed by atoms with Crippen LogP contribution in [0.1, 0.15) is 92.2 Å². The Morgan fingerprint density at radius 1 is 0.605 bits per heavy atom. The van der Waals surface area contributed by atoms with Crippen molar-refractivity contribution in [1.29, 1.82) is 10.5 Å². The Morgan fingerprint density at radius 2 is 0.974 bits per heavy atom. The van der Waals surface area contributed by atoms with Crippen molar-refractivity contribution in [2.45, 2.75) is 103 Å². The third-order valence-electron chi connectivity index (χ3n) is 5.45. The van der Waals surface area contributed by atoms with Gasteiger partial charge in [0.15, 0.2) is 11.5 Å². The smallest absolute Gasteiger partial charge is 0.153 e. The molecule has 0 bridgehead atoms. The molecule has 0 aliphatic heterocycles. The van der Waals surface area contributed by atoms with E-state index in [0.717, 1.165) is 47.0 Å². The molecule has 0 spiro atoms. The molecule has 214 valence electrons. The van der Waals surface area contributed by atoms with Gasteiger partial charge in [-0.05, 0) is 63.9 Å². The van der Waals surface area contributed by atoms with Gasteiger partial charge in [-0.1, -0.05) is 40.5 Å². The van der Waals surface area contributed by atoms with Crippen LogP contribution in [0.5, 0.6) is 11.5 Å². The van der Waals surface area contributed by atoms with E-state index < -0.39 is 0 Å². The molecule has 0 aromatic heterocycles. The second-order valence-corrected chi connectivity index (χ2v) is 12.8. The summed E-state index contributed by atoms with van der Waals surface area (Å²) in [5.74, 6) is 3.98. The first-order valence-electron chi connectivity index (χ1n) is 13.9. The highest BCUT2D eigenvalue weighted by atomic mass is 32.2. The maximum atomic E-state index is 10.2. The number of hydrogen-bond acceptors (Lipinski definition) is 8. The minimum atomic E-state index is 0.0875. The second-order valence-electron chi connectivity index (χ2n) is 10.6. The fourth-order valence-electron chi connectivity index (χ4n) is 3.60. The largest absolute Gasteiger partial charge is 0.489 e. The molecule has 0 heterocycles. The summed E-state index contributed by atoms with van der Waals surface area (Å²) in [6, 6.07) is 4.50. The molecular formula is C30H48N2O4S2. The zero-order chi connectivity index (χ0) is 28.5. The molecule has 1 rings (SSSR count). The number of ether oxygens (including phenoxy) is 4. The lowest BCUT2D eigenvalue weighted by atomic mass is 10.1. The monoisotopic (exact) mass is 564 g/mol. The summed E-state index contributed by atoms with van der Waals surface area (Å²) in [5.41, 5.74) is 0.462. The Balaban J connectivity index is 3.52. The third-order valence-corrected chi connectivity index (χ3v) is 7.92. The van der Waals surface area contributed by atoms with E-state index >= 15 is 0 Å². The third kappa shape index (κ3) is 13.0. The summed E-state index contributed by atoms with van der Waals surface area (Å²) in [4.78, 5) is 1.78. The van der Waals surface area contributed by atoms with E-state index in [1.165, 1.54) is 0 Å². The van der Waals surface area contributed by atoms with E-state index in [1.807, 2.05) is 27.7 Å². The second kappa shape index (κ2) is 19.5. The average Bonchev–Trinajstić information content (AvgIpc) is 2.84. The lowest BCUT2D eigenvalue weighted by Crippen LogP contribution is -2.15. The summed E-state index contributed by atoms with van der Waals surface area (Å²) in [6.45, 7) is 18.2. The number of rotatable bonds is 20. The molecule has 0 atom stereocenters. The highest BCUT2D eigenvalue weighted by molar-refractivity contribution is 8.02. The van der Waals surface area contributed by atoms with Gasteiger partial charge in [0.25, 0.3) is 0 Å². The summed E-state index contributed by atoms with van der Waals surface area (Å²) in [5, 5.41) is 20.3. The van der Waals surface area contributed by atoms with Gasteiger partial charge in [0.1, 0.15) is 36.5 Å². The van der Waals surface area contributed by atoms with Gasteiger partial charge in [0, 0.05) is 0 Å². The summed E-state index contributed by atoms with van der Waals surface area (Å²) >= 11 is 3.39. The van der Waals surface area contributed by atoms with Crippen LogP contribution in [-0.2, 0) is 9.47 Å². The Hall–Kier alpha value is -1.58. The van der Waals surface area contributed by atoms with Gasteiger partial charge >= 0.3 is 0 Å². The first-order valence-corrected chi connectivity index (χ1v) is 15.9. The Labute approximate surface area is 240 Å². The molecule has 6 nitrogen and oxygen atoms in total. The summed E-state index contributed by atoms with van der Waals surface area (Å²) in [7, 11) is 0. The average molecular weight is 565 g/mol. The van der Waals surface area contributed by atoms with Gasteiger partial charge in [-0.2, -0.15) is 10.5 Å². The van der Waals surface area contributed by atoms with Crippen LogP contribution >= 0.6 is 23.5 Å². The summed E-state index contributed by atoms with van der Waals surface area (Å²) < 4.78 is 23.8. The lowest BCUT2D eigenvalue weighted by molar-refractivity contribution is 0.0531. The highest BCUT2D eigenvalue weighted by Gasteiger charge is 2.27. The number of hydrogen-bond donors (Lipinski definition) is 0. The van der Waals surface area contributed by atoms with Crippen molar-refractivity contribution < 1.29 is 18.9 Å². The molecule has 1 aromatic carbocycles. The molecule has 0 unspecified atom stereocenters. The summed E-state index contributed by atoms with van der Waals surface area (Å²) in [6.07, 6.45) is 4.53. The molecule has 0 amide bonds.